The third-order valence-electron chi connectivity index (χ3n) is 4.55. The molecule has 1 aromatic carbocycles. The second-order valence-electron chi connectivity index (χ2n) is 6.45. The maximum Gasteiger partial charge on any atom is 0.244 e. The molecule has 1 fully saturated rings. The lowest BCUT2D eigenvalue weighted by Crippen LogP contribution is -2.48. The van der Waals surface area contributed by atoms with Crippen molar-refractivity contribution in [2.75, 3.05) is 26.2 Å². The van der Waals surface area contributed by atoms with E-state index in [1.807, 2.05) is 0 Å². The van der Waals surface area contributed by atoms with Gasteiger partial charge in [-0.15, -0.1) is 11.3 Å². The van der Waals surface area contributed by atoms with E-state index in [0.29, 0.717) is 26.2 Å². The molecule has 0 aliphatic carbocycles. The number of hydrogen-bond acceptors (Lipinski definition) is 6. The predicted octanol–water partition coefficient (Wildman–Crippen LogP) is 2.51. The summed E-state index contributed by atoms with van der Waals surface area (Å²) < 4.78 is 28.1. The summed E-state index contributed by atoms with van der Waals surface area (Å²) in [6, 6.07) is 9.57. The highest BCUT2D eigenvalue weighted by molar-refractivity contribution is 7.89. The van der Waals surface area contributed by atoms with Gasteiger partial charge in [0.1, 0.15) is 9.90 Å². The third kappa shape index (κ3) is 3.50. The first-order valence-electron chi connectivity index (χ1n) is 8.51. The zero-order valence-corrected chi connectivity index (χ0v) is 16.1. The number of pyridine rings is 1. The number of fused-ring (bicyclic) bond motifs is 1. The summed E-state index contributed by atoms with van der Waals surface area (Å²) in [6.07, 6.45) is 2.99. The van der Waals surface area contributed by atoms with E-state index in [1.165, 1.54) is 16.5 Å². The van der Waals surface area contributed by atoms with Gasteiger partial charge in [0.2, 0.25) is 10.0 Å². The van der Waals surface area contributed by atoms with Crippen molar-refractivity contribution in [1.29, 1.82) is 0 Å². The van der Waals surface area contributed by atoms with Gasteiger partial charge in [-0.25, -0.2) is 13.4 Å². The van der Waals surface area contributed by atoms with E-state index in [1.54, 1.807) is 34.0 Å². The van der Waals surface area contributed by atoms with Crippen LogP contribution in [-0.4, -0.2) is 53.8 Å². The average molecular weight is 389 g/mol. The fourth-order valence-corrected chi connectivity index (χ4v) is 5.50. The van der Waals surface area contributed by atoms with Crippen molar-refractivity contribution in [2.24, 2.45) is 0 Å². The molecule has 136 valence electrons. The second-order valence-corrected chi connectivity index (χ2v) is 9.50. The maximum atomic E-state index is 12.7. The topological polar surface area (TPSA) is 66.4 Å². The summed E-state index contributed by atoms with van der Waals surface area (Å²) in [4.78, 5) is 11.2. The van der Waals surface area contributed by atoms with E-state index in [0.717, 1.165) is 17.1 Å². The van der Waals surface area contributed by atoms with Gasteiger partial charge in [-0.1, -0.05) is 6.07 Å². The van der Waals surface area contributed by atoms with Gasteiger partial charge in [-0.3, -0.25) is 9.88 Å². The zero-order chi connectivity index (χ0) is 18.1. The number of aromatic nitrogens is 2. The minimum absolute atomic E-state index is 0.259. The minimum Gasteiger partial charge on any atom is -0.294 e. The normalized spacial score (nSPS) is 17.0. The number of sulfonamides is 1. The Balaban J connectivity index is 1.41. The molecule has 6 nitrogen and oxygen atoms in total. The van der Waals surface area contributed by atoms with Crippen molar-refractivity contribution < 1.29 is 8.42 Å². The van der Waals surface area contributed by atoms with E-state index in [4.69, 9.17) is 4.98 Å². The minimum atomic E-state index is -3.45. The molecule has 0 radical (unpaired) electrons. The number of thiazole rings is 1. The molecule has 2 aromatic heterocycles. The van der Waals surface area contributed by atoms with Crippen molar-refractivity contribution in [3.63, 3.8) is 0 Å². The zero-order valence-electron chi connectivity index (χ0n) is 14.5. The molecule has 1 saturated heterocycles. The quantitative estimate of drug-likeness (QED) is 0.687. The molecule has 0 bridgehead atoms. The van der Waals surface area contributed by atoms with Crippen LogP contribution in [0.15, 0.2) is 47.6 Å². The Morgan fingerprint density at radius 2 is 1.96 bits per heavy atom. The fourth-order valence-electron chi connectivity index (χ4n) is 3.12. The highest BCUT2D eigenvalue weighted by atomic mass is 32.2. The third-order valence-corrected chi connectivity index (χ3v) is 7.45. The molecule has 4 rings (SSSR count). The van der Waals surface area contributed by atoms with Crippen LogP contribution in [0.1, 0.15) is 10.6 Å². The van der Waals surface area contributed by atoms with Gasteiger partial charge in [0.25, 0.3) is 0 Å². The van der Waals surface area contributed by atoms with Crippen LogP contribution in [0.5, 0.6) is 0 Å². The van der Waals surface area contributed by atoms with Crippen LogP contribution in [0.3, 0.4) is 0 Å². The Morgan fingerprint density at radius 3 is 2.69 bits per heavy atom. The van der Waals surface area contributed by atoms with Crippen molar-refractivity contribution in [2.45, 2.75) is 18.4 Å². The Labute approximate surface area is 157 Å². The first kappa shape index (κ1) is 17.5. The van der Waals surface area contributed by atoms with E-state index in [2.05, 4.69) is 35.0 Å². The molecular formula is C18H20N4O2S2. The summed E-state index contributed by atoms with van der Waals surface area (Å²) in [7, 11) is -3.45. The van der Waals surface area contributed by atoms with Gasteiger partial charge < -0.3 is 0 Å². The van der Waals surface area contributed by atoms with Crippen LogP contribution in [-0.2, 0) is 16.6 Å². The molecule has 1 aliphatic rings. The number of aryl methyl sites for hydroxylation is 1. The van der Waals surface area contributed by atoms with Gasteiger partial charge in [0.15, 0.2) is 0 Å². The van der Waals surface area contributed by atoms with Gasteiger partial charge >= 0.3 is 0 Å². The fraction of sp³-hybridized carbons (Fsp3) is 0.333. The molecule has 3 heterocycles. The van der Waals surface area contributed by atoms with Crippen LogP contribution in [0.25, 0.3) is 10.2 Å². The van der Waals surface area contributed by atoms with E-state index in [-0.39, 0.29) is 4.90 Å². The summed E-state index contributed by atoms with van der Waals surface area (Å²) >= 11 is 1.71. The van der Waals surface area contributed by atoms with Crippen LogP contribution >= 0.6 is 11.3 Å². The monoisotopic (exact) mass is 388 g/mol. The molecule has 3 aromatic rings. The maximum absolute atomic E-state index is 12.7. The molecule has 0 atom stereocenters. The lowest BCUT2D eigenvalue weighted by molar-refractivity contribution is 0.181. The molecular weight excluding hydrogens is 368 g/mol. The van der Waals surface area contributed by atoms with Gasteiger partial charge in [-0.05, 0) is 36.8 Å². The molecule has 0 amide bonds. The summed E-state index contributed by atoms with van der Waals surface area (Å²) in [5.74, 6) is 0. The highest BCUT2D eigenvalue weighted by Gasteiger charge is 2.28. The van der Waals surface area contributed by atoms with Crippen LogP contribution < -0.4 is 0 Å². The van der Waals surface area contributed by atoms with Crippen LogP contribution in [0, 0.1) is 6.92 Å². The smallest absolute Gasteiger partial charge is 0.244 e. The van der Waals surface area contributed by atoms with Crippen LogP contribution in [0.2, 0.25) is 0 Å². The van der Waals surface area contributed by atoms with E-state index < -0.39 is 10.0 Å². The van der Waals surface area contributed by atoms with Crippen LogP contribution in [0.4, 0.5) is 0 Å². The number of hydrogen-bond donors (Lipinski definition) is 0. The predicted molar refractivity (Wildman–Crippen MR) is 103 cm³/mol. The van der Waals surface area contributed by atoms with E-state index in [9.17, 15) is 8.42 Å². The lowest BCUT2D eigenvalue weighted by atomic mass is 10.2. The van der Waals surface area contributed by atoms with Crippen molar-refractivity contribution >= 4 is 31.6 Å². The lowest BCUT2D eigenvalue weighted by Gasteiger charge is -2.33. The van der Waals surface area contributed by atoms with Gasteiger partial charge in [0.05, 0.1) is 16.8 Å². The number of benzene rings is 1. The standard InChI is InChI=1S/C18H20N4O2S2/c1-14-4-5-17-16(11-14)20-18(25-17)13-21-7-9-22(10-8-21)26(23,24)15-3-2-6-19-12-15/h2-6,11-12H,7-10,13H2,1H3. The Bertz CT molecular complexity index is 1010. The average Bonchev–Trinajstić information content (AvgIpc) is 3.04. The number of nitrogens with zero attached hydrogens (tertiary/aromatic N) is 4. The first-order valence-corrected chi connectivity index (χ1v) is 10.8. The van der Waals surface area contributed by atoms with Crippen molar-refractivity contribution in [3.8, 4) is 0 Å². The number of piperazine rings is 1. The number of rotatable bonds is 4. The molecule has 26 heavy (non-hydrogen) atoms. The Hall–Kier alpha value is -1.87. The summed E-state index contributed by atoms with van der Waals surface area (Å²) in [5, 5.41) is 1.08. The highest BCUT2D eigenvalue weighted by Crippen LogP contribution is 2.25. The Morgan fingerprint density at radius 1 is 1.15 bits per heavy atom. The summed E-state index contributed by atoms with van der Waals surface area (Å²) in [6.45, 7) is 5.21. The van der Waals surface area contributed by atoms with Gasteiger partial charge in [0, 0.05) is 38.6 Å². The SMILES string of the molecule is Cc1ccc2sc(CN3CCN(S(=O)(=O)c4cccnc4)CC3)nc2c1. The molecule has 0 N–H and O–H groups in total. The van der Waals surface area contributed by atoms with Crippen molar-refractivity contribution in [1.82, 2.24) is 19.2 Å². The van der Waals surface area contributed by atoms with Crippen molar-refractivity contribution in [3.05, 3.63) is 53.3 Å². The Kier molecular flexibility index (Phi) is 4.74. The first-order chi connectivity index (χ1) is 12.5. The molecule has 8 heteroatoms. The molecule has 0 unspecified atom stereocenters. The molecule has 0 spiro atoms. The molecule has 0 saturated carbocycles. The largest absolute Gasteiger partial charge is 0.294 e. The van der Waals surface area contributed by atoms with E-state index >= 15 is 0 Å². The molecule has 1 aliphatic heterocycles. The second kappa shape index (κ2) is 7.03. The van der Waals surface area contributed by atoms with Gasteiger partial charge in [-0.2, -0.15) is 4.31 Å². The summed E-state index contributed by atoms with van der Waals surface area (Å²) in [5.41, 5.74) is 2.26.